The summed E-state index contributed by atoms with van der Waals surface area (Å²) >= 11 is 0. The third-order valence-corrected chi connectivity index (χ3v) is 5.49. The molecule has 1 saturated carbocycles. The van der Waals surface area contributed by atoms with Gasteiger partial charge in [0.15, 0.2) is 0 Å². The van der Waals surface area contributed by atoms with Gasteiger partial charge in [0.1, 0.15) is 0 Å². The van der Waals surface area contributed by atoms with Gasteiger partial charge in [0.05, 0.1) is 11.6 Å². The van der Waals surface area contributed by atoms with E-state index >= 15 is 0 Å². The molecular weight excluding hydrogens is 290 g/mol. The highest BCUT2D eigenvalue weighted by Crippen LogP contribution is 2.40. The zero-order chi connectivity index (χ0) is 16.8. The second kappa shape index (κ2) is 8.15. The first kappa shape index (κ1) is 16.8. The summed E-state index contributed by atoms with van der Waals surface area (Å²) in [6.07, 6.45) is 9.69. The highest BCUT2D eigenvalue weighted by atomic mass is 14.3. The highest BCUT2D eigenvalue weighted by molar-refractivity contribution is 5.64. The van der Waals surface area contributed by atoms with E-state index in [-0.39, 0.29) is 0 Å². The lowest BCUT2D eigenvalue weighted by Crippen LogP contribution is -1.96. The van der Waals surface area contributed by atoms with E-state index in [1.807, 2.05) is 24.3 Å². The summed E-state index contributed by atoms with van der Waals surface area (Å²) in [5.41, 5.74) is 4.64. The van der Waals surface area contributed by atoms with Crippen LogP contribution in [0.3, 0.4) is 0 Å². The van der Waals surface area contributed by atoms with Crippen molar-refractivity contribution in [3.8, 4) is 17.2 Å². The number of hydrogen-bond acceptors (Lipinski definition) is 1. The van der Waals surface area contributed by atoms with E-state index in [9.17, 15) is 0 Å². The molecule has 2 aromatic rings. The molecule has 0 spiro atoms. The van der Waals surface area contributed by atoms with Gasteiger partial charge in [-0.1, -0.05) is 69.0 Å². The Morgan fingerprint density at radius 1 is 0.917 bits per heavy atom. The summed E-state index contributed by atoms with van der Waals surface area (Å²) in [6.45, 7) is 2.28. The zero-order valence-corrected chi connectivity index (χ0v) is 14.7. The maximum atomic E-state index is 8.90. The van der Waals surface area contributed by atoms with Crippen LogP contribution >= 0.6 is 0 Å². The molecule has 1 aliphatic rings. The van der Waals surface area contributed by atoms with Crippen molar-refractivity contribution in [1.29, 1.82) is 5.26 Å². The minimum atomic E-state index is 0.718. The molecular formula is C23H27N. The van der Waals surface area contributed by atoms with Crippen LogP contribution < -0.4 is 0 Å². The fourth-order valence-corrected chi connectivity index (χ4v) is 4.01. The molecule has 0 unspecified atom stereocenters. The largest absolute Gasteiger partial charge is 0.192 e. The van der Waals surface area contributed by atoms with Gasteiger partial charge in [-0.15, -0.1) is 0 Å². The molecule has 0 amide bonds. The average molecular weight is 317 g/mol. The van der Waals surface area contributed by atoms with Crippen molar-refractivity contribution >= 4 is 0 Å². The number of rotatable bonds is 6. The van der Waals surface area contributed by atoms with Crippen LogP contribution in [0.25, 0.3) is 11.1 Å². The van der Waals surface area contributed by atoms with E-state index in [1.54, 1.807) is 0 Å². The molecule has 1 fully saturated rings. The van der Waals surface area contributed by atoms with Crippen molar-refractivity contribution in [2.75, 3.05) is 0 Å². The number of unbranched alkanes of at least 4 members (excludes halogenated alkanes) is 2. The van der Waals surface area contributed by atoms with Gasteiger partial charge in [-0.25, -0.2) is 0 Å². The average Bonchev–Trinajstić information content (AvgIpc) is 3.11. The zero-order valence-electron chi connectivity index (χ0n) is 14.7. The molecule has 24 heavy (non-hydrogen) atoms. The SMILES string of the molecule is CCCCC[C@@H]1CC[C@H](c2ccc(-c3ccc(C#N)cc3)cc2)C1. The van der Waals surface area contributed by atoms with Gasteiger partial charge in [0.2, 0.25) is 0 Å². The molecule has 1 nitrogen and oxygen atoms in total. The third kappa shape index (κ3) is 4.06. The minimum Gasteiger partial charge on any atom is -0.192 e. The normalized spacial score (nSPS) is 20.0. The van der Waals surface area contributed by atoms with Crippen molar-refractivity contribution in [1.82, 2.24) is 0 Å². The number of benzene rings is 2. The Kier molecular flexibility index (Phi) is 5.70. The molecule has 0 heterocycles. The molecule has 0 N–H and O–H groups in total. The Labute approximate surface area is 146 Å². The molecule has 3 rings (SSSR count). The van der Waals surface area contributed by atoms with Crippen LogP contribution in [0.5, 0.6) is 0 Å². The first-order valence-electron chi connectivity index (χ1n) is 9.40. The number of nitriles is 1. The molecule has 1 aliphatic carbocycles. The monoisotopic (exact) mass is 317 g/mol. The van der Waals surface area contributed by atoms with Gasteiger partial charge in [0.25, 0.3) is 0 Å². The molecule has 1 heteroatoms. The van der Waals surface area contributed by atoms with E-state index in [4.69, 9.17) is 5.26 Å². The van der Waals surface area contributed by atoms with E-state index < -0.39 is 0 Å². The molecule has 0 radical (unpaired) electrons. The first-order valence-corrected chi connectivity index (χ1v) is 9.40. The van der Waals surface area contributed by atoms with Crippen LogP contribution in [0.2, 0.25) is 0 Å². The Balaban J connectivity index is 1.61. The number of nitrogens with zero attached hydrogens (tertiary/aromatic N) is 1. The Morgan fingerprint density at radius 3 is 2.21 bits per heavy atom. The first-order chi connectivity index (χ1) is 11.8. The molecule has 124 valence electrons. The van der Waals surface area contributed by atoms with Gasteiger partial charge in [-0.3, -0.25) is 0 Å². The summed E-state index contributed by atoms with van der Waals surface area (Å²) < 4.78 is 0. The van der Waals surface area contributed by atoms with E-state index in [1.165, 1.54) is 61.6 Å². The standard InChI is InChI=1S/C23H27N/c1-2-3-4-5-18-6-11-23(16-18)22-14-12-21(13-15-22)20-9-7-19(17-24)8-10-20/h7-10,12-15,18,23H,2-6,11,16H2,1H3/t18-,23+/m1/s1. The summed E-state index contributed by atoms with van der Waals surface area (Å²) in [5.74, 6) is 1.70. The topological polar surface area (TPSA) is 23.8 Å². The van der Waals surface area contributed by atoms with Crippen LogP contribution in [0, 0.1) is 17.2 Å². The van der Waals surface area contributed by atoms with Gasteiger partial charge in [-0.2, -0.15) is 5.26 Å². The summed E-state index contributed by atoms with van der Waals surface area (Å²) in [4.78, 5) is 0. The predicted octanol–water partition coefficient (Wildman–Crippen LogP) is 6.69. The van der Waals surface area contributed by atoms with Gasteiger partial charge >= 0.3 is 0 Å². The quantitative estimate of drug-likeness (QED) is 0.544. The molecule has 2 atom stereocenters. The van der Waals surface area contributed by atoms with Crippen molar-refractivity contribution in [2.24, 2.45) is 5.92 Å². The van der Waals surface area contributed by atoms with Crippen LogP contribution in [0.15, 0.2) is 48.5 Å². The second-order valence-electron chi connectivity index (χ2n) is 7.18. The maximum absolute atomic E-state index is 8.90. The van der Waals surface area contributed by atoms with Crippen molar-refractivity contribution in [2.45, 2.75) is 57.8 Å². The summed E-state index contributed by atoms with van der Waals surface area (Å²) in [5, 5.41) is 8.90. The maximum Gasteiger partial charge on any atom is 0.0991 e. The molecule has 2 aromatic carbocycles. The van der Waals surface area contributed by atoms with Crippen LogP contribution in [-0.2, 0) is 0 Å². The van der Waals surface area contributed by atoms with Crippen LogP contribution in [0.4, 0.5) is 0 Å². The van der Waals surface area contributed by atoms with Gasteiger partial charge in [-0.05, 0) is 59.9 Å². The summed E-state index contributed by atoms with van der Waals surface area (Å²) in [7, 11) is 0. The fraction of sp³-hybridized carbons (Fsp3) is 0.435. The second-order valence-corrected chi connectivity index (χ2v) is 7.18. The van der Waals surface area contributed by atoms with Gasteiger partial charge < -0.3 is 0 Å². The minimum absolute atomic E-state index is 0.718. The van der Waals surface area contributed by atoms with Crippen molar-refractivity contribution < 1.29 is 0 Å². The van der Waals surface area contributed by atoms with Crippen molar-refractivity contribution in [3.05, 3.63) is 59.7 Å². The van der Waals surface area contributed by atoms with E-state index in [2.05, 4.69) is 37.3 Å². The Bertz CT molecular complexity index is 675. The third-order valence-electron chi connectivity index (χ3n) is 5.49. The highest BCUT2D eigenvalue weighted by Gasteiger charge is 2.25. The Hall–Kier alpha value is -2.07. The molecule has 0 aromatic heterocycles. The molecule has 0 saturated heterocycles. The molecule has 0 aliphatic heterocycles. The van der Waals surface area contributed by atoms with Crippen LogP contribution in [-0.4, -0.2) is 0 Å². The van der Waals surface area contributed by atoms with Gasteiger partial charge in [0, 0.05) is 0 Å². The van der Waals surface area contributed by atoms with Crippen LogP contribution in [0.1, 0.15) is 68.9 Å². The van der Waals surface area contributed by atoms with Crippen molar-refractivity contribution in [3.63, 3.8) is 0 Å². The summed E-state index contributed by atoms with van der Waals surface area (Å²) in [6, 6.07) is 19.1. The predicted molar refractivity (Wildman–Crippen MR) is 101 cm³/mol. The lowest BCUT2D eigenvalue weighted by atomic mass is 9.93. The smallest absolute Gasteiger partial charge is 0.0991 e. The molecule has 0 bridgehead atoms. The lowest BCUT2D eigenvalue weighted by molar-refractivity contribution is 0.466. The lowest BCUT2D eigenvalue weighted by Gasteiger charge is -2.12. The van der Waals surface area contributed by atoms with E-state index in [0.29, 0.717) is 0 Å². The van der Waals surface area contributed by atoms with E-state index in [0.717, 1.165) is 17.4 Å². The fourth-order valence-electron chi connectivity index (χ4n) is 4.01. The Morgan fingerprint density at radius 2 is 1.58 bits per heavy atom. The number of hydrogen-bond donors (Lipinski definition) is 0.